The number of sulfonamides is 2. The Labute approximate surface area is 796 Å². The Morgan fingerprint density at radius 1 is 0.579 bits per heavy atom. The molecule has 133 heavy (non-hydrogen) atoms. The van der Waals surface area contributed by atoms with Crippen LogP contribution in [0.2, 0.25) is 10.0 Å². The number of benzene rings is 2. The number of fused-ring (bicyclic) bond motifs is 4. The molecule has 0 bridgehead atoms. The van der Waals surface area contributed by atoms with Crippen molar-refractivity contribution in [3.05, 3.63) is 93.9 Å². The van der Waals surface area contributed by atoms with Crippen LogP contribution in [0.1, 0.15) is 196 Å². The molecular formula is C96H124Cl2N12O19S4. The summed E-state index contributed by atoms with van der Waals surface area (Å²) in [5, 5.41) is 5.76. The SMILES string of the molecule is C=C[C@@H]1C[C@]1(CC(=O)[C@@H]1C[C@@H](Oc2cc(-c3nc(C(C)C)cs3)nc3c(Cl)c(OCCN4CCOCC4)ccc23)[C@H]2CN(C(=O)CC(C)(C)C)[C@H](C(C)C)C(=O)N21)C(=O)NS(=O)(=O)C1CC1.C=C[C@@H]1C[C@]1(CC(=O)[C@@H]1C[C@@H](Oc2cc(-c3nc(C(C)C)cs3)nc3c(Cl)c(OCCN4CCOCC4)ccc23)[C@H]2CN(C(=O)OC3CCCC3)[C@H](C(C)C)C(=O)N21)C(=O)NS(=O)(=O)C1CC1. The number of piperazine rings is 2. The lowest BCUT2D eigenvalue weighted by Gasteiger charge is -2.47. The van der Waals surface area contributed by atoms with Gasteiger partial charge in [-0.15, -0.1) is 35.8 Å². The molecule has 37 heteroatoms. The lowest BCUT2D eigenvalue weighted by atomic mass is 9.89. The number of Topliss-reactive ketones (excluding diaryl/α,β-unsaturated/α-hetero) is 2. The zero-order valence-electron chi connectivity index (χ0n) is 77.6. The summed E-state index contributed by atoms with van der Waals surface area (Å²) in [5.41, 5.74) is 0.664. The third-order valence-electron chi connectivity index (χ3n) is 28.0. The minimum Gasteiger partial charge on any atom is -0.491 e. The molecular weight excluding hydrogens is 1820 g/mol. The average molecular weight is 1950 g/mol. The van der Waals surface area contributed by atoms with Crippen LogP contribution in [0.4, 0.5) is 4.79 Å². The second-order valence-electron chi connectivity index (χ2n) is 40.2. The second kappa shape index (κ2) is 39.5. The van der Waals surface area contributed by atoms with Gasteiger partial charge in [0.25, 0.3) is 0 Å². The molecule has 6 saturated heterocycles. The van der Waals surface area contributed by atoms with E-state index in [1.54, 1.807) is 45.1 Å². The van der Waals surface area contributed by atoms with Crippen LogP contribution >= 0.6 is 45.9 Å². The maximum atomic E-state index is 15.0. The number of thiazole rings is 2. The first kappa shape index (κ1) is 97.6. The van der Waals surface area contributed by atoms with E-state index in [-0.39, 0.29) is 116 Å². The van der Waals surface area contributed by atoms with Crippen LogP contribution in [0.15, 0.2) is 72.5 Å². The van der Waals surface area contributed by atoms with Gasteiger partial charge >= 0.3 is 6.09 Å². The Kier molecular flexibility index (Phi) is 29.0. The van der Waals surface area contributed by atoms with Crippen molar-refractivity contribution in [3.63, 3.8) is 0 Å². The predicted molar refractivity (Wildman–Crippen MR) is 506 cm³/mol. The van der Waals surface area contributed by atoms with Crippen molar-refractivity contribution in [2.24, 2.45) is 39.9 Å². The first-order valence-electron chi connectivity index (χ1n) is 47.0. The summed E-state index contributed by atoms with van der Waals surface area (Å²) < 4.78 is 100. The summed E-state index contributed by atoms with van der Waals surface area (Å²) in [6.07, 6.45) is 6.17. The van der Waals surface area contributed by atoms with Crippen LogP contribution in [0.3, 0.4) is 0 Å². The number of amides is 6. The van der Waals surface area contributed by atoms with Crippen LogP contribution in [0.5, 0.6) is 23.0 Å². The van der Waals surface area contributed by atoms with Gasteiger partial charge in [0.2, 0.25) is 49.6 Å². The maximum Gasteiger partial charge on any atom is 0.410 e. The molecule has 17 rings (SSSR count). The van der Waals surface area contributed by atoms with Crippen molar-refractivity contribution in [2.75, 3.05) is 92.0 Å². The molecule has 5 aliphatic carbocycles. The summed E-state index contributed by atoms with van der Waals surface area (Å²) in [5.74, 6) is -2.65. The third kappa shape index (κ3) is 20.9. The summed E-state index contributed by atoms with van der Waals surface area (Å²) >= 11 is 17.3. The summed E-state index contributed by atoms with van der Waals surface area (Å²) in [4.78, 5) is 147. The Morgan fingerprint density at radius 3 is 1.35 bits per heavy atom. The summed E-state index contributed by atoms with van der Waals surface area (Å²) in [6, 6.07) is 5.43. The Hall–Kier alpha value is -8.52. The Morgan fingerprint density at radius 2 is 0.985 bits per heavy atom. The van der Waals surface area contributed by atoms with Gasteiger partial charge in [0.1, 0.15) is 98.1 Å². The van der Waals surface area contributed by atoms with Crippen LogP contribution in [-0.4, -0.2) is 270 Å². The molecule has 11 fully saturated rings. The van der Waals surface area contributed by atoms with Gasteiger partial charge in [-0.05, 0) is 129 Å². The van der Waals surface area contributed by atoms with E-state index in [2.05, 4.69) is 60.1 Å². The molecule has 0 spiro atoms. The molecule has 2 aromatic carbocycles. The van der Waals surface area contributed by atoms with E-state index in [9.17, 15) is 45.6 Å². The van der Waals surface area contributed by atoms with E-state index >= 15 is 9.59 Å². The largest absolute Gasteiger partial charge is 0.491 e. The van der Waals surface area contributed by atoms with Gasteiger partial charge in [-0.3, -0.25) is 57.7 Å². The highest BCUT2D eigenvalue weighted by molar-refractivity contribution is 7.91. The smallest absolute Gasteiger partial charge is 0.410 e. The van der Waals surface area contributed by atoms with Crippen molar-refractivity contribution in [2.45, 2.75) is 249 Å². The first-order chi connectivity index (χ1) is 63.3. The van der Waals surface area contributed by atoms with Gasteiger partial charge in [0, 0.05) is 118 Å². The molecule has 720 valence electrons. The van der Waals surface area contributed by atoms with E-state index in [1.807, 2.05) is 77.4 Å². The highest BCUT2D eigenvalue weighted by atomic mass is 35.5. The fourth-order valence-corrected chi connectivity index (χ4v) is 25.1. The van der Waals surface area contributed by atoms with Crippen LogP contribution < -0.4 is 28.4 Å². The van der Waals surface area contributed by atoms with Crippen molar-refractivity contribution in [1.82, 2.24) is 58.8 Å². The second-order valence-corrected chi connectivity index (χ2v) is 46.6. The molecule has 0 radical (unpaired) electrons. The number of carbonyl (C=O) groups excluding carboxylic acids is 8. The minimum absolute atomic E-state index is 0.0249. The van der Waals surface area contributed by atoms with E-state index in [1.165, 1.54) is 27.6 Å². The quantitative estimate of drug-likeness (QED) is 0.0354. The van der Waals surface area contributed by atoms with Crippen molar-refractivity contribution in [3.8, 4) is 44.4 Å². The molecule has 31 nitrogen and oxygen atoms in total. The number of hydrogen-bond acceptors (Lipinski definition) is 27. The zero-order valence-corrected chi connectivity index (χ0v) is 82.4. The number of ketones is 2. The van der Waals surface area contributed by atoms with Crippen LogP contribution in [-0.2, 0) is 67.8 Å². The number of morpholine rings is 2. The topological polar surface area (TPSA) is 365 Å². The van der Waals surface area contributed by atoms with Crippen molar-refractivity contribution >= 4 is 135 Å². The Balaban J connectivity index is 0.000000194. The van der Waals surface area contributed by atoms with E-state index in [4.69, 9.17) is 76.3 Å². The van der Waals surface area contributed by atoms with Crippen molar-refractivity contribution in [1.29, 1.82) is 0 Å². The van der Waals surface area contributed by atoms with Gasteiger partial charge in [0.05, 0.1) is 94.3 Å². The molecule has 0 unspecified atom stereocenters. The van der Waals surface area contributed by atoms with Crippen LogP contribution in [0, 0.1) is 39.9 Å². The number of pyridine rings is 2. The van der Waals surface area contributed by atoms with E-state index in [0.717, 1.165) is 63.3 Å². The summed E-state index contributed by atoms with van der Waals surface area (Å²) in [6.45, 7) is 37.7. The van der Waals surface area contributed by atoms with E-state index < -0.39 is 131 Å². The highest BCUT2D eigenvalue weighted by Gasteiger charge is 2.66. The third-order valence-corrected chi connectivity index (χ3v) is 34.1. The van der Waals surface area contributed by atoms with Gasteiger partial charge in [-0.2, -0.15) is 0 Å². The molecule has 12 atom stereocenters. The normalized spacial score (nSPS) is 26.4. The molecule has 6 amide bonds. The van der Waals surface area contributed by atoms with Gasteiger partial charge < -0.3 is 47.9 Å². The molecule has 6 aromatic rings. The lowest BCUT2D eigenvalue weighted by Crippen LogP contribution is -2.66. The zero-order chi connectivity index (χ0) is 94.8. The number of ether oxygens (including phenoxy) is 7. The molecule has 10 heterocycles. The number of aromatic nitrogens is 4. The van der Waals surface area contributed by atoms with Gasteiger partial charge in [0.15, 0.2) is 11.6 Å². The minimum atomic E-state index is -3.90. The fraction of sp³-hybridized carbons (Fsp3) is 0.625. The standard InChI is InChI=1S/C48H61ClN6O10S2.C48H63ClN6O9S2/c1-6-29-23-48(29,46(58)52-67(60,61)31-11-12-31)24-37(56)35-22-40(36-25-54(43(28(4)5)45(57)55(35)36)47(59)64-30-9-7-8-10-30)65-39-21-33(44-51-34(26-66-44)27(2)3)50-42-32(39)13-14-38(41(42)49)63-20-17-53-15-18-62-19-16-53;1-9-29-22-48(29,46(59)52-66(60,61)30-10-11-30)23-36(56)34-21-39(35-25-54(40(57)24-47(6,7)8)43(28(4)5)45(58)55(34)35)64-38-20-32(44-51-33(26-65-44)27(2)3)50-42-31(38)12-13-37(41(42)49)63-19-16-53-14-17-62-18-15-53/h6,13-14,21,26-31,35-36,40,43H,1,7-12,15-20,22-25H2,2-5H3,(H,52,58);9,12-13,20,26-30,34-35,39,43H,1,10-11,14-19,21-25H2,2-8H3,(H,52,59)/t29-,35+,36-,40-,43-,48-;29-,34+,35-,39-,43-,48-/m11/s1. The molecule has 11 aliphatic rings. The average Bonchev–Trinajstić information content (AvgIpc) is 1.55. The number of hydrogen-bond donors (Lipinski definition) is 2. The Bertz CT molecular complexity index is 5700. The first-order valence-corrected chi connectivity index (χ1v) is 52.6. The van der Waals surface area contributed by atoms with Crippen LogP contribution in [0.25, 0.3) is 43.2 Å². The van der Waals surface area contributed by atoms with E-state index in [0.29, 0.717) is 150 Å². The molecule has 2 N–H and O–H groups in total. The van der Waals surface area contributed by atoms with Crippen molar-refractivity contribution < 1.29 is 88.3 Å². The number of carbonyl (C=O) groups is 8. The highest BCUT2D eigenvalue weighted by Crippen LogP contribution is 2.59. The summed E-state index contributed by atoms with van der Waals surface area (Å²) in [7, 11) is -7.79. The monoisotopic (exact) mass is 1950 g/mol. The number of halogens is 2. The molecule has 5 saturated carbocycles. The molecule has 4 aromatic heterocycles. The fourth-order valence-electron chi connectivity index (χ4n) is 19.9. The molecule has 6 aliphatic heterocycles. The van der Waals surface area contributed by atoms with Gasteiger partial charge in [-0.1, -0.05) is 112 Å². The predicted octanol–water partition coefficient (Wildman–Crippen LogP) is 13.4. The maximum absolute atomic E-state index is 15.0. The number of rotatable bonds is 34. The number of nitrogens with one attached hydrogen (secondary N) is 2. The lowest BCUT2D eigenvalue weighted by molar-refractivity contribution is -0.161. The van der Waals surface area contributed by atoms with Gasteiger partial charge in [-0.25, -0.2) is 41.6 Å². The number of nitrogens with zero attached hydrogens (tertiary/aromatic N) is 10. The number of allylic oxidation sites excluding steroid dienone is 2.